The van der Waals surface area contributed by atoms with Gasteiger partial charge in [0.2, 0.25) is 5.91 Å². The minimum atomic E-state index is -0.118. The highest BCUT2D eigenvalue weighted by atomic mass is 79.9. The number of benzene rings is 1. The molecule has 2 aromatic heterocycles. The maximum absolute atomic E-state index is 12.1. The lowest BCUT2D eigenvalue weighted by molar-refractivity contribution is -0.113. The smallest absolute Gasteiger partial charge is 0.234 e. The van der Waals surface area contributed by atoms with E-state index in [1.165, 1.54) is 11.8 Å². The van der Waals surface area contributed by atoms with Gasteiger partial charge in [0.1, 0.15) is 0 Å². The number of anilines is 1. The molecule has 0 aliphatic heterocycles. The molecule has 3 rings (SSSR count). The molecule has 3 aromatic rings. The third kappa shape index (κ3) is 4.14. The zero-order valence-electron chi connectivity index (χ0n) is 11.4. The van der Waals surface area contributed by atoms with E-state index in [9.17, 15) is 4.79 Å². The average Bonchev–Trinajstić information content (AvgIpc) is 2.91. The maximum Gasteiger partial charge on any atom is 0.234 e. The summed E-state index contributed by atoms with van der Waals surface area (Å²) >= 11 is 11.6. The number of amides is 1. The third-order valence-electron chi connectivity index (χ3n) is 2.85. The fourth-order valence-corrected chi connectivity index (χ4v) is 4.99. The Hall–Kier alpha value is -0.900. The van der Waals surface area contributed by atoms with Crippen LogP contribution in [0.25, 0.3) is 11.2 Å². The van der Waals surface area contributed by atoms with Crippen molar-refractivity contribution in [2.75, 3.05) is 11.1 Å². The number of nitrogens with one attached hydrogen (secondary N) is 2. The molecule has 0 unspecified atom stereocenters. The van der Waals surface area contributed by atoms with E-state index in [0.29, 0.717) is 16.5 Å². The number of thioether (sulfide) groups is 1. The lowest BCUT2D eigenvalue weighted by atomic mass is 10.3. The van der Waals surface area contributed by atoms with E-state index in [1.807, 2.05) is 24.3 Å². The first kappa shape index (κ1) is 16.9. The fraction of sp³-hybridized carbons (Fsp3) is 0.0714. The Bertz CT molecular complexity index is 827. The molecular formula is C14H9Br3N4OS. The Kier molecular flexibility index (Phi) is 5.40. The monoisotopic (exact) mass is 518 g/mol. The van der Waals surface area contributed by atoms with Crippen molar-refractivity contribution >= 4 is 82.3 Å². The largest absolute Gasteiger partial charge is 0.332 e. The van der Waals surface area contributed by atoms with Crippen LogP contribution >= 0.6 is 59.6 Å². The van der Waals surface area contributed by atoms with Crippen LogP contribution in [0.2, 0.25) is 0 Å². The zero-order valence-corrected chi connectivity index (χ0v) is 17.0. The van der Waals surface area contributed by atoms with Crippen molar-refractivity contribution in [1.29, 1.82) is 0 Å². The molecule has 0 spiro atoms. The maximum atomic E-state index is 12.1. The van der Waals surface area contributed by atoms with Crippen LogP contribution in [0.15, 0.2) is 49.0 Å². The topological polar surface area (TPSA) is 70.7 Å². The Morgan fingerprint density at radius 3 is 2.70 bits per heavy atom. The molecule has 0 saturated heterocycles. The number of carbonyl (C=O) groups is 1. The van der Waals surface area contributed by atoms with Gasteiger partial charge in [-0.3, -0.25) is 4.79 Å². The predicted octanol–water partition coefficient (Wildman–Crippen LogP) is 4.98. The Balaban J connectivity index is 1.66. The highest BCUT2D eigenvalue weighted by Crippen LogP contribution is 2.34. The quantitative estimate of drug-likeness (QED) is 0.476. The number of fused-ring (bicyclic) bond motifs is 1. The Morgan fingerprint density at radius 1 is 1.26 bits per heavy atom. The van der Waals surface area contributed by atoms with Gasteiger partial charge in [0.05, 0.1) is 17.0 Å². The third-order valence-corrected chi connectivity index (χ3v) is 5.43. The molecule has 0 bridgehead atoms. The van der Waals surface area contributed by atoms with Gasteiger partial charge in [0, 0.05) is 19.6 Å². The van der Waals surface area contributed by atoms with Gasteiger partial charge in [-0.15, -0.1) is 0 Å². The van der Waals surface area contributed by atoms with Crippen molar-refractivity contribution in [3.63, 3.8) is 0 Å². The van der Waals surface area contributed by atoms with Crippen LogP contribution in [0.4, 0.5) is 5.69 Å². The first-order valence-corrected chi connectivity index (χ1v) is 9.77. The molecule has 2 heterocycles. The van der Waals surface area contributed by atoms with Gasteiger partial charge in [-0.2, -0.15) is 0 Å². The summed E-state index contributed by atoms with van der Waals surface area (Å²) in [6.07, 6.45) is 1.69. The van der Waals surface area contributed by atoms with E-state index in [4.69, 9.17) is 0 Å². The standard InChI is InChI=1S/C14H9Br3N4OS/c15-7-4-8(16)12(9(17)5-7)20-11(22)6-23-14-19-10-2-1-3-18-13(10)21-14/h1-5H,6H2,(H,20,22)(H,18,19,21). The van der Waals surface area contributed by atoms with E-state index < -0.39 is 0 Å². The zero-order chi connectivity index (χ0) is 16.4. The molecule has 1 amide bonds. The van der Waals surface area contributed by atoms with Gasteiger partial charge >= 0.3 is 0 Å². The number of hydrogen-bond donors (Lipinski definition) is 2. The average molecular weight is 521 g/mol. The molecule has 0 fully saturated rings. The second-order valence-electron chi connectivity index (χ2n) is 4.50. The van der Waals surface area contributed by atoms with Gasteiger partial charge < -0.3 is 10.3 Å². The second kappa shape index (κ2) is 7.33. The van der Waals surface area contributed by atoms with Gasteiger partial charge in [0.15, 0.2) is 10.8 Å². The molecule has 2 N–H and O–H groups in total. The van der Waals surface area contributed by atoms with Crippen LogP contribution in [0.1, 0.15) is 0 Å². The van der Waals surface area contributed by atoms with Crippen molar-refractivity contribution in [3.8, 4) is 0 Å². The number of pyridine rings is 1. The summed E-state index contributed by atoms with van der Waals surface area (Å²) in [5, 5.41) is 3.55. The number of aromatic nitrogens is 3. The number of hydrogen-bond acceptors (Lipinski definition) is 4. The molecule has 1 aromatic carbocycles. The molecular weight excluding hydrogens is 512 g/mol. The molecule has 9 heteroatoms. The van der Waals surface area contributed by atoms with E-state index in [2.05, 4.69) is 68.1 Å². The number of rotatable bonds is 4. The summed E-state index contributed by atoms with van der Waals surface area (Å²) in [6, 6.07) is 7.48. The minimum Gasteiger partial charge on any atom is -0.332 e. The second-order valence-corrected chi connectivity index (χ2v) is 8.09. The van der Waals surface area contributed by atoms with Crippen molar-refractivity contribution in [2.45, 2.75) is 5.16 Å². The molecule has 0 atom stereocenters. The van der Waals surface area contributed by atoms with E-state index >= 15 is 0 Å². The molecule has 0 radical (unpaired) electrons. The van der Waals surface area contributed by atoms with Crippen LogP contribution in [0.3, 0.4) is 0 Å². The number of H-pyrrole nitrogens is 1. The van der Waals surface area contributed by atoms with Gasteiger partial charge in [-0.05, 0) is 56.1 Å². The molecule has 0 aliphatic carbocycles. The van der Waals surface area contributed by atoms with E-state index in [0.717, 1.165) is 18.9 Å². The number of nitrogens with zero attached hydrogens (tertiary/aromatic N) is 2. The molecule has 0 saturated carbocycles. The number of imidazole rings is 1. The number of aromatic amines is 1. The van der Waals surface area contributed by atoms with E-state index in [1.54, 1.807) is 6.20 Å². The highest BCUT2D eigenvalue weighted by Gasteiger charge is 2.12. The van der Waals surface area contributed by atoms with Crippen LogP contribution in [0.5, 0.6) is 0 Å². The van der Waals surface area contributed by atoms with Crippen molar-refractivity contribution in [2.24, 2.45) is 0 Å². The summed E-state index contributed by atoms with van der Waals surface area (Å²) in [4.78, 5) is 23.8. The number of halogens is 3. The summed E-state index contributed by atoms with van der Waals surface area (Å²) in [5.41, 5.74) is 2.20. The molecule has 23 heavy (non-hydrogen) atoms. The molecule has 118 valence electrons. The summed E-state index contributed by atoms with van der Waals surface area (Å²) in [7, 11) is 0. The Morgan fingerprint density at radius 2 is 2.00 bits per heavy atom. The van der Waals surface area contributed by atoms with Gasteiger partial charge in [-0.1, -0.05) is 27.7 Å². The van der Waals surface area contributed by atoms with Crippen molar-refractivity contribution in [1.82, 2.24) is 15.0 Å². The predicted molar refractivity (Wildman–Crippen MR) is 103 cm³/mol. The lowest BCUT2D eigenvalue weighted by Crippen LogP contribution is -2.15. The van der Waals surface area contributed by atoms with Crippen LogP contribution in [-0.2, 0) is 4.79 Å². The van der Waals surface area contributed by atoms with Gasteiger partial charge in [0.25, 0.3) is 0 Å². The highest BCUT2D eigenvalue weighted by molar-refractivity contribution is 9.11. The number of carbonyl (C=O) groups excluding carboxylic acids is 1. The Labute approximate surface area is 161 Å². The molecule has 0 aliphatic rings. The van der Waals surface area contributed by atoms with Crippen LogP contribution in [-0.4, -0.2) is 26.6 Å². The van der Waals surface area contributed by atoms with Crippen LogP contribution < -0.4 is 5.32 Å². The first-order chi connectivity index (χ1) is 11.0. The van der Waals surface area contributed by atoms with E-state index in [-0.39, 0.29) is 11.7 Å². The summed E-state index contributed by atoms with van der Waals surface area (Å²) < 4.78 is 2.51. The normalized spacial score (nSPS) is 10.9. The minimum absolute atomic E-state index is 0.118. The fourth-order valence-electron chi connectivity index (χ4n) is 1.86. The first-order valence-electron chi connectivity index (χ1n) is 6.41. The van der Waals surface area contributed by atoms with Crippen molar-refractivity contribution < 1.29 is 4.79 Å². The summed E-state index contributed by atoms with van der Waals surface area (Å²) in [5.74, 6) is 0.126. The lowest BCUT2D eigenvalue weighted by Gasteiger charge is -2.09. The van der Waals surface area contributed by atoms with Crippen molar-refractivity contribution in [3.05, 3.63) is 43.9 Å². The van der Waals surface area contributed by atoms with Crippen LogP contribution in [0, 0.1) is 0 Å². The summed E-state index contributed by atoms with van der Waals surface area (Å²) in [6.45, 7) is 0. The van der Waals surface area contributed by atoms with Gasteiger partial charge in [-0.25, -0.2) is 9.97 Å². The molecule has 5 nitrogen and oxygen atoms in total. The SMILES string of the molecule is O=C(CSc1nc2ncccc2[nH]1)Nc1c(Br)cc(Br)cc1Br.